The SMILES string of the molecule is CCC(CC#N)N(CCO)C1CCCC1. The van der Waals surface area contributed by atoms with Crippen molar-refractivity contribution >= 4 is 0 Å². The second kappa shape index (κ2) is 6.81. The van der Waals surface area contributed by atoms with Gasteiger partial charge in [-0.3, -0.25) is 4.90 Å². The smallest absolute Gasteiger partial charge is 0.0638 e. The van der Waals surface area contributed by atoms with Crippen molar-refractivity contribution in [3.05, 3.63) is 0 Å². The van der Waals surface area contributed by atoms with E-state index in [1.807, 2.05) is 0 Å². The lowest BCUT2D eigenvalue weighted by Gasteiger charge is -2.34. The van der Waals surface area contributed by atoms with Gasteiger partial charge in [0.2, 0.25) is 0 Å². The number of nitriles is 1. The molecule has 0 aromatic carbocycles. The Labute approximate surface area is 92.7 Å². The minimum absolute atomic E-state index is 0.207. The van der Waals surface area contributed by atoms with E-state index in [-0.39, 0.29) is 6.61 Å². The van der Waals surface area contributed by atoms with Gasteiger partial charge in [-0.15, -0.1) is 0 Å². The molecule has 0 spiro atoms. The third-order valence-corrected chi connectivity index (χ3v) is 3.42. The molecule has 1 fully saturated rings. The van der Waals surface area contributed by atoms with Crippen LogP contribution >= 0.6 is 0 Å². The summed E-state index contributed by atoms with van der Waals surface area (Å²) >= 11 is 0. The molecule has 0 aromatic heterocycles. The molecule has 0 radical (unpaired) electrons. The molecule has 3 heteroatoms. The molecule has 1 aliphatic carbocycles. The van der Waals surface area contributed by atoms with E-state index in [1.165, 1.54) is 25.7 Å². The van der Waals surface area contributed by atoms with Gasteiger partial charge < -0.3 is 5.11 Å². The lowest BCUT2D eigenvalue weighted by atomic mass is 10.1. The first kappa shape index (κ1) is 12.5. The fourth-order valence-corrected chi connectivity index (χ4v) is 2.62. The highest BCUT2D eigenvalue weighted by Gasteiger charge is 2.27. The van der Waals surface area contributed by atoms with E-state index in [9.17, 15) is 0 Å². The third-order valence-electron chi connectivity index (χ3n) is 3.42. The van der Waals surface area contributed by atoms with Crippen LogP contribution in [0.2, 0.25) is 0 Å². The van der Waals surface area contributed by atoms with Crippen molar-refractivity contribution in [2.45, 2.75) is 57.5 Å². The van der Waals surface area contributed by atoms with Gasteiger partial charge >= 0.3 is 0 Å². The zero-order valence-electron chi connectivity index (χ0n) is 9.65. The van der Waals surface area contributed by atoms with Crippen LogP contribution in [0.5, 0.6) is 0 Å². The molecule has 0 heterocycles. The van der Waals surface area contributed by atoms with E-state index < -0.39 is 0 Å². The molecule has 0 amide bonds. The van der Waals surface area contributed by atoms with E-state index in [4.69, 9.17) is 10.4 Å². The van der Waals surface area contributed by atoms with Crippen molar-refractivity contribution in [3.8, 4) is 6.07 Å². The number of rotatable bonds is 6. The summed E-state index contributed by atoms with van der Waals surface area (Å²) in [5.74, 6) is 0. The first-order valence-corrected chi connectivity index (χ1v) is 6.07. The van der Waals surface area contributed by atoms with E-state index in [2.05, 4.69) is 17.9 Å². The number of hydrogen-bond acceptors (Lipinski definition) is 3. The first-order valence-electron chi connectivity index (χ1n) is 6.07. The fraction of sp³-hybridized carbons (Fsp3) is 0.917. The van der Waals surface area contributed by atoms with Gasteiger partial charge in [-0.1, -0.05) is 19.8 Å². The Morgan fingerprint density at radius 1 is 1.47 bits per heavy atom. The van der Waals surface area contributed by atoms with Gasteiger partial charge in [-0.05, 0) is 19.3 Å². The molecule has 3 nitrogen and oxygen atoms in total. The highest BCUT2D eigenvalue weighted by molar-refractivity contribution is 4.87. The van der Waals surface area contributed by atoms with Crippen LogP contribution in [0.25, 0.3) is 0 Å². The Balaban J connectivity index is 2.57. The van der Waals surface area contributed by atoms with E-state index >= 15 is 0 Å². The van der Waals surface area contributed by atoms with Crippen molar-refractivity contribution in [2.24, 2.45) is 0 Å². The summed E-state index contributed by atoms with van der Waals surface area (Å²) < 4.78 is 0. The Bertz CT molecular complexity index is 206. The van der Waals surface area contributed by atoms with Crippen LogP contribution < -0.4 is 0 Å². The lowest BCUT2D eigenvalue weighted by Crippen LogP contribution is -2.43. The normalized spacial score (nSPS) is 19.3. The van der Waals surface area contributed by atoms with Crippen LogP contribution in [0.3, 0.4) is 0 Å². The number of hydrogen-bond donors (Lipinski definition) is 1. The summed E-state index contributed by atoms with van der Waals surface area (Å²) in [5.41, 5.74) is 0. The van der Waals surface area contributed by atoms with Crippen LogP contribution in [0.1, 0.15) is 45.4 Å². The first-order chi connectivity index (χ1) is 7.33. The zero-order chi connectivity index (χ0) is 11.1. The molecule has 15 heavy (non-hydrogen) atoms. The van der Waals surface area contributed by atoms with Gasteiger partial charge in [0.05, 0.1) is 19.1 Å². The van der Waals surface area contributed by atoms with Gasteiger partial charge in [0, 0.05) is 18.6 Å². The highest BCUT2D eigenvalue weighted by Crippen LogP contribution is 2.26. The van der Waals surface area contributed by atoms with E-state index in [1.54, 1.807) is 0 Å². The highest BCUT2D eigenvalue weighted by atomic mass is 16.3. The minimum atomic E-state index is 0.207. The molecular weight excluding hydrogens is 188 g/mol. The Morgan fingerprint density at radius 2 is 2.13 bits per heavy atom. The van der Waals surface area contributed by atoms with Crippen LogP contribution in [0.15, 0.2) is 0 Å². The molecule has 0 saturated heterocycles. The molecule has 0 bridgehead atoms. The predicted molar refractivity (Wildman–Crippen MR) is 60.4 cm³/mol. The summed E-state index contributed by atoms with van der Waals surface area (Å²) in [5, 5.41) is 17.9. The fourth-order valence-electron chi connectivity index (χ4n) is 2.62. The second-order valence-corrected chi connectivity index (χ2v) is 4.32. The summed E-state index contributed by atoms with van der Waals surface area (Å²) in [7, 11) is 0. The van der Waals surface area contributed by atoms with Gasteiger partial charge in [-0.2, -0.15) is 5.26 Å². The van der Waals surface area contributed by atoms with Crippen LogP contribution in [-0.2, 0) is 0 Å². The maximum absolute atomic E-state index is 9.09. The Morgan fingerprint density at radius 3 is 2.60 bits per heavy atom. The zero-order valence-corrected chi connectivity index (χ0v) is 9.65. The molecule has 0 aliphatic heterocycles. The van der Waals surface area contributed by atoms with Crippen molar-refractivity contribution in [1.29, 1.82) is 5.26 Å². The quantitative estimate of drug-likeness (QED) is 0.728. The van der Waals surface area contributed by atoms with Crippen molar-refractivity contribution in [3.63, 3.8) is 0 Å². The molecule has 1 atom stereocenters. The number of aliphatic hydroxyl groups excluding tert-OH is 1. The second-order valence-electron chi connectivity index (χ2n) is 4.32. The molecule has 1 saturated carbocycles. The monoisotopic (exact) mass is 210 g/mol. The van der Waals surface area contributed by atoms with Gasteiger partial charge in [-0.25, -0.2) is 0 Å². The number of nitrogens with zero attached hydrogens (tertiary/aromatic N) is 2. The van der Waals surface area contributed by atoms with Gasteiger partial charge in [0.15, 0.2) is 0 Å². The van der Waals surface area contributed by atoms with E-state index in [0.717, 1.165) is 13.0 Å². The average Bonchev–Trinajstić information content (AvgIpc) is 2.76. The molecule has 1 aliphatic rings. The van der Waals surface area contributed by atoms with Crippen molar-refractivity contribution in [2.75, 3.05) is 13.2 Å². The molecule has 1 N–H and O–H groups in total. The Kier molecular flexibility index (Phi) is 5.67. The van der Waals surface area contributed by atoms with Crippen LogP contribution in [0.4, 0.5) is 0 Å². The molecule has 86 valence electrons. The lowest BCUT2D eigenvalue weighted by molar-refractivity contribution is 0.103. The molecular formula is C12H22N2O. The summed E-state index contributed by atoms with van der Waals surface area (Å²) in [6.45, 7) is 3.06. The van der Waals surface area contributed by atoms with Crippen molar-refractivity contribution < 1.29 is 5.11 Å². The average molecular weight is 210 g/mol. The summed E-state index contributed by atoms with van der Waals surface area (Å²) in [6.07, 6.45) is 6.67. The molecule has 0 aromatic rings. The van der Waals surface area contributed by atoms with Gasteiger partial charge in [0.1, 0.15) is 0 Å². The predicted octanol–water partition coefficient (Wildman–Crippen LogP) is 1.92. The largest absolute Gasteiger partial charge is 0.395 e. The maximum Gasteiger partial charge on any atom is 0.0638 e. The summed E-state index contributed by atoms with van der Waals surface area (Å²) in [4.78, 5) is 2.36. The number of aliphatic hydroxyl groups is 1. The minimum Gasteiger partial charge on any atom is -0.395 e. The van der Waals surface area contributed by atoms with E-state index in [0.29, 0.717) is 18.5 Å². The third kappa shape index (κ3) is 3.48. The summed E-state index contributed by atoms with van der Waals surface area (Å²) in [6, 6.07) is 3.20. The molecule has 1 unspecified atom stereocenters. The van der Waals surface area contributed by atoms with Crippen molar-refractivity contribution in [1.82, 2.24) is 4.90 Å². The Hall–Kier alpha value is -0.590. The van der Waals surface area contributed by atoms with Gasteiger partial charge in [0.25, 0.3) is 0 Å². The van der Waals surface area contributed by atoms with Crippen LogP contribution in [0, 0.1) is 11.3 Å². The van der Waals surface area contributed by atoms with Crippen LogP contribution in [-0.4, -0.2) is 35.2 Å². The molecule has 1 rings (SSSR count). The maximum atomic E-state index is 9.09. The standard InChI is InChI=1S/C12H22N2O/c1-2-11(7-8-13)14(9-10-15)12-5-3-4-6-12/h11-12,15H,2-7,9-10H2,1H3. The topological polar surface area (TPSA) is 47.3 Å².